The quantitative estimate of drug-likeness (QED) is 0.271. The Balaban J connectivity index is 1.68. The van der Waals surface area contributed by atoms with Crippen molar-refractivity contribution >= 4 is 50.7 Å². The average Bonchev–Trinajstić information content (AvgIpc) is 2.97. The predicted molar refractivity (Wildman–Crippen MR) is 168 cm³/mol. The number of hydrogen-bond donors (Lipinski definition) is 1. The third-order valence-corrected chi connectivity index (χ3v) is 10.2. The molecule has 1 aliphatic rings. The minimum Gasteiger partial charge on any atom is -0.352 e. The van der Waals surface area contributed by atoms with Gasteiger partial charge in [-0.05, 0) is 75.6 Å². The molecule has 3 aromatic rings. The van der Waals surface area contributed by atoms with Crippen LogP contribution in [0.25, 0.3) is 0 Å². The van der Waals surface area contributed by atoms with Crippen LogP contribution >= 0.6 is 23.2 Å². The van der Waals surface area contributed by atoms with Gasteiger partial charge in [-0.2, -0.15) is 0 Å². The van der Waals surface area contributed by atoms with E-state index in [4.69, 9.17) is 23.2 Å². The average molecular weight is 631 g/mol. The van der Waals surface area contributed by atoms with E-state index in [0.29, 0.717) is 21.3 Å². The van der Waals surface area contributed by atoms with Crippen molar-refractivity contribution in [2.45, 2.75) is 76.4 Å². The van der Waals surface area contributed by atoms with E-state index in [-0.39, 0.29) is 23.4 Å². The molecule has 0 aliphatic heterocycles. The minimum atomic E-state index is -4.12. The lowest BCUT2D eigenvalue weighted by Gasteiger charge is -2.33. The van der Waals surface area contributed by atoms with Crippen molar-refractivity contribution in [3.05, 3.63) is 93.5 Å². The number of rotatable bonds is 10. The van der Waals surface area contributed by atoms with Gasteiger partial charge in [-0.15, -0.1) is 0 Å². The highest BCUT2D eigenvalue weighted by atomic mass is 35.5. The van der Waals surface area contributed by atoms with Crippen molar-refractivity contribution in [1.82, 2.24) is 10.2 Å². The molecule has 0 radical (unpaired) electrons. The van der Waals surface area contributed by atoms with Gasteiger partial charge < -0.3 is 10.2 Å². The van der Waals surface area contributed by atoms with Crippen molar-refractivity contribution in [1.29, 1.82) is 0 Å². The number of anilines is 1. The molecule has 1 N–H and O–H groups in total. The zero-order chi connectivity index (χ0) is 30.4. The van der Waals surface area contributed by atoms with Gasteiger partial charge in [-0.3, -0.25) is 13.9 Å². The molecule has 3 aromatic carbocycles. The van der Waals surface area contributed by atoms with E-state index in [1.165, 1.54) is 17.0 Å². The minimum absolute atomic E-state index is 0.0429. The highest BCUT2D eigenvalue weighted by Crippen LogP contribution is 2.27. The van der Waals surface area contributed by atoms with E-state index >= 15 is 0 Å². The Morgan fingerprint density at radius 1 is 0.881 bits per heavy atom. The molecule has 2 amide bonds. The summed E-state index contributed by atoms with van der Waals surface area (Å²) in [4.78, 5) is 29.0. The van der Waals surface area contributed by atoms with Crippen LogP contribution in [0.2, 0.25) is 10.0 Å². The van der Waals surface area contributed by atoms with Crippen molar-refractivity contribution < 1.29 is 18.0 Å². The molecule has 0 spiro atoms. The lowest BCUT2D eigenvalue weighted by atomic mass is 9.95. The molecule has 0 heterocycles. The molecule has 1 saturated carbocycles. The standard InChI is InChI=1S/C32H37Cl2N3O4S/c1-22-9-14-27(15-10-22)37(42(40,41)28-16-11-23(2)12-17-28)21-31(38)36(20-25-13-18-29(33)30(34)19-25)24(3)32(39)35-26-7-5-4-6-8-26/h9-19,24,26H,4-8,20-21H2,1-3H3,(H,35,39). The molecular weight excluding hydrogens is 593 g/mol. The summed E-state index contributed by atoms with van der Waals surface area (Å²) >= 11 is 12.4. The van der Waals surface area contributed by atoms with Crippen LogP contribution in [0, 0.1) is 13.8 Å². The molecule has 1 fully saturated rings. The molecule has 224 valence electrons. The van der Waals surface area contributed by atoms with Gasteiger partial charge >= 0.3 is 0 Å². The Morgan fingerprint density at radius 2 is 1.48 bits per heavy atom. The van der Waals surface area contributed by atoms with Crippen LogP contribution in [0.4, 0.5) is 5.69 Å². The van der Waals surface area contributed by atoms with Gasteiger partial charge in [-0.1, -0.05) is 83.9 Å². The number of carbonyl (C=O) groups excluding carboxylic acids is 2. The molecule has 42 heavy (non-hydrogen) atoms. The van der Waals surface area contributed by atoms with Crippen molar-refractivity contribution in [3.63, 3.8) is 0 Å². The monoisotopic (exact) mass is 629 g/mol. The van der Waals surface area contributed by atoms with Gasteiger partial charge in [0.2, 0.25) is 11.8 Å². The molecule has 0 saturated heterocycles. The van der Waals surface area contributed by atoms with Crippen LogP contribution in [-0.2, 0) is 26.2 Å². The molecule has 0 aromatic heterocycles. The number of sulfonamides is 1. The van der Waals surface area contributed by atoms with Crippen LogP contribution in [-0.4, -0.2) is 43.8 Å². The largest absolute Gasteiger partial charge is 0.352 e. The summed E-state index contributed by atoms with van der Waals surface area (Å²) in [5, 5.41) is 3.80. The fraction of sp³-hybridized carbons (Fsp3) is 0.375. The first-order valence-electron chi connectivity index (χ1n) is 14.2. The first kappa shape index (κ1) is 31.9. The Hall–Kier alpha value is -3.07. The van der Waals surface area contributed by atoms with Gasteiger partial charge in [0, 0.05) is 12.6 Å². The molecule has 10 heteroatoms. The van der Waals surface area contributed by atoms with Crippen LogP contribution in [0.3, 0.4) is 0 Å². The van der Waals surface area contributed by atoms with Crippen LogP contribution in [0.15, 0.2) is 71.6 Å². The summed E-state index contributed by atoms with van der Waals surface area (Å²) in [6.45, 7) is 4.98. The lowest BCUT2D eigenvalue weighted by molar-refractivity contribution is -0.139. The zero-order valence-corrected chi connectivity index (χ0v) is 26.5. The summed E-state index contributed by atoms with van der Waals surface area (Å²) in [5.74, 6) is -0.804. The molecule has 1 unspecified atom stereocenters. The highest BCUT2D eigenvalue weighted by Gasteiger charge is 2.33. The van der Waals surface area contributed by atoms with Crippen LogP contribution in [0.5, 0.6) is 0 Å². The van der Waals surface area contributed by atoms with Gasteiger partial charge in [0.15, 0.2) is 0 Å². The SMILES string of the molecule is Cc1ccc(N(CC(=O)N(Cc2ccc(Cl)c(Cl)c2)C(C)C(=O)NC2CCCCC2)S(=O)(=O)c2ccc(C)cc2)cc1. The Morgan fingerprint density at radius 3 is 2.07 bits per heavy atom. The molecule has 1 aliphatic carbocycles. The second kappa shape index (κ2) is 13.9. The Labute approximate surface area is 258 Å². The topological polar surface area (TPSA) is 86.8 Å². The van der Waals surface area contributed by atoms with E-state index in [1.54, 1.807) is 61.5 Å². The summed E-state index contributed by atoms with van der Waals surface area (Å²) in [7, 11) is -4.12. The second-order valence-electron chi connectivity index (χ2n) is 10.9. The Kier molecular flexibility index (Phi) is 10.6. The van der Waals surface area contributed by atoms with Gasteiger partial charge in [0.1, 0.15) is 12.6 Å². The fourth-order valence-electron chi connectivity index (χ4n) is 5.06. The van der Waals surface area contributed by atoms with Crippen molar-refractivity contribution in [3.8, 4) is 0 Å². The van der Waals surface area contributed by atoms with E-state index in [9.17, 15) is 18.0 Å². The summed E-state index contributed by atoms with van der Waals surface area (Å²) in [6, 6.07) is 17.7. The number of nitrogens with zero attached hydrogens (tertiary/aromatic N) is 2. The second-order valence-corrected chi connectivity index (χ2v) is 13.6. The number of amides is 2. The highest BCUT2D eigenvalue weighted by molar-refractivity contribution is 7.92. The van der Waals surface area contributed by atoms with Crippen LogP contribution < -0.4 is 9.62 Å². The third kappa shape index (κ3) is 7.85. The number of carbonyl (C=O) groups is 2. The molecule has 4 rings (SSSR count). The summed E-state index contributed by atoms with van der Waals surface area (Å²) in [6.07, 6.45) is 5.04. The molecular formula is C32H37Cl2N3O4S. The normalized spacial score (nSPS) is 14.7. The zero-order valence-electron chi connectivity index (χ0n) is 24.1. The number of benzene rings is 3. The number of halogens is 2. The van der Waals surface area contributed by atoms with Gasteiger partial charge in [0.25, 0.3) is 10.0 Å². The number of nitrogens with one attached hydrogen (secondary N) is 1. The number of aryl methyl sites for hydroxylation is 2. The van der Waals surface area contributed by atoms with E-state index in [2.05, 4.69) is 5.32 Å². The van der Waals surface area contributed by atoms with Crippen molar-refractivity contribution in [2.75, 3.05) is 10.8 Å². The molecule has 0 bridgehead atoms. The maximum atomic E-state index is 14.1. The molecule has 7 nitrogen and oxygen atoms in total. The number of hydrogen-bond acceptors (Lipinski definition) is 4. The fourth-order valence-corrected chi connectivity index (χ4v) is 6.80. The smallest absolute Gasteiger partial charge is 0.264 e. The summed E-state index contributed by atoms with van der Waals surface area (Å²) in [5.41, 5.74) is 2.88. The van der Waals surface area contributed by atoms with E-state index < -0.39 is 28.5 Å². The first-order valence-corrected chi connectivity index (χ1v) is 16.3. The predicted octanol–water partition coefficient (Wildman–Crippen LogP) is 6.67. The van der Waals surface area contributed by atoms with Crippen molar-refractivity contribution in [2.24, 2.45) is 0 Å². The third-order valence-electron chi connectivity index (χ3n) is 7.67. The first-order chi connectivity index (χ1) is 20.0. The van der Waals surface area contributed by atoms with Gasteiger partial charge in [0.05, 0.1) is 20.6 Å². The molecule has 1 atom stereocenters. The maximum absolute atomic E-state index is 14.1. The van der Waals surface area contributed by atoms with Gasteiger partial charge in [-0.25, -0.2) is 8.42 Å². The Bertz CT molecular complexity index is 1510. The van der Waals surface area contributed by atoms with E-state index in [1.807, 2.05) is 13.8 Å². The van der Waals surface area contributed by atoms with E-state index in [0.717, 1.165) is 47.5 Å². The van der Waals surface area contributed by atoms with Crippen LogP contribution in [0.1, 0.15) is 55.7 Å². The maximum Gasteiger partial charge on any atom is 0.264 e. The lowest BCUT2D eigenvalue weighted by Crippen LogP contribution is -2.53. The summed E-state index contributed by atoms with van der Waals surface area (Å²) < 4.78 is 29.0.